The number of thiazole rings is 1. The van der Waals surface area contributed by atoms with E-state index in [0.29, 0.717) is 24.2 Å². The number of aliphatic hydroxyl groups is 1. The average molecular weight is 614 g/mol. The Morgan fingerprint density at radius 3 is 2.44 bits per heavy atom. The van der Waals surface area contributed by atoms with Crippen LogP contribution in [0, 0.1) is 19.4 Å². The third-order valence-corrected chi connectivity index (χ3v) is 8.76. The van der Waals surface area contributed by atoms with Crippen LogP contribution in [-0.2, 0) is 14.4 Å². The number of nitrogens with one attached hydrogen (secondary N) is 2. The van der Waals surface area contributed by atoms with Crippen LogP contribution in [0.1, 0.15) is 71.7 Å². The maximum absolute atomic E-state index is 15.4. The summed E-state index contributed by atoms with van der Waals surface area (Å²) in [7, 11) is 0. The van der Waals surface area contributed by atoms with Crippen molar-refractivity contribution < 1.29 is 28.6 Å². The largest absolute Gasteiger partial charge is 0.488 e. The first kappa shape index (κ1) is 32.4. The van der Waals surface area contributed by atoms with Gasteiger partial charge in [-0.3, -0.25) is 19.2 Å². The van der Waals surface area contributed by atoms with Crippen LogP contribution in [0.5, 0.6) is 5.75 Å². The first-order chi connectivity index (χ1) is 20.1. The topological polar surface area (TPSA) is 125 Å². The van der Waals surface area contributed by atoms with Crippen LogP contribution < -0.4 is 15.4 Å². The average Bonchev–Trinajstić information content (AvgIpc) is 3.52. The van der Waals surface area contributed by atoms with Crippen LogP contribution in [0.25, 0.3) is 15.3 Å². The number of halogens is 1. The smallest absolute Gasteiger partial charge is 0.309 e. The molecule has 1 aromatic heterocycles. The number of nitrogens with zero attached hydrogens (tertiary/aromatic N) is 3. The molecule has 3 N–H and O–H groups in total. The maximum Gasteiger partial charge on any atom is 0.309 e. The molecule has 232 valence electrons. The molecule has 1 aromatic carbocycles. The molecule has 1 aliphatic heterocycles. The zero-order chi connectivity index (χ0) is 31.9. The summed E-state index contributed by atoms with van der Waals surface area (Å²) >= 11 is 1.51. The van der Waals surface area contributed by atoms with Crippen LogP contribution in [0.4, 0.5) is 4.39 Å². The van der Waals surface area contributed by atoms with Gasteiger partial charge in [0.05, 0.1) is 28.7 Å². The number of carbonyl (C=O) groups excluding carboxylic acids is 3. The van der Waals surface area contributed by atoms with Crippen molar-refractivity contribution in [2.75, 3.05) is 6.54 Å². The second kappa shape index (κ2) is 12.2. The van der Waals surface area contributed by atoms with Crippen molar-refractivity contribution in [1.82, 2.24) is 20.5 Å². The van der Waals surface area contributed by atoms with E-state index >= 15 is 4.39 Å². The van der Waals surface area contributed by atoms with E-state index in [1.165, 1.54) is 11.3 Å². The molecule has 10 nitrogen and oxygen atoms in total. The zero-order valence-electron chi connectivity index (χ0n) is 25.6. The molecule has 2 heterocycles. The van der Waals surface area contributed by atoms with Gasteiger partial charge in [0.25, 0.3) is 0 Å². The van der Waals surface area contributed by atoms with E-state index in [1.54, 1.807) is 26.3 Å². The van der Waals surface area contributed by atoms with E-state index in [0.717, 1.165) is 21.0 Å². The van der Waals surface area contributed by atoms with E-state index < -0.39 is 71.7 Å². The number of ether oxygens (including phenoxy) is 1. The van der Waals surface area contributed by atoms with Gasteiger partial charge >= 0.3 is 11.4 Å². The third kappa shape index (κ3) is 6.83. The minimum atomic E-state index is -2.03. The third-order valence-electron chi connectivity index (χ3n) is 7.78. The number of hydrogen-bond acceptors (Lipinski definition) is 7. The minimum Gasteiger partial charge on any atom is -0.488 e. The number of hydrogen-bond donors (Lipinski definition) is 3. The Hall–Kier alpha value is -3.56. The van der Waals surface area contributed by atoms with Gasteiger partial charge in [0.2, 0.25) is 11.8 Å². The van der Waals surface area contributed by atoms with Gasteiger partial charge in [0.15, 0.2) is 6.17 Å². The van der Waals surface area contributed by atoms with E-state index in [9.17, 15) is 19.5 Å². The SMILES string of the molecule is [C-]#[N+]C1(C(=O)N[C@H](C(=O)N2C[C@H](O)[C@H](F)[C@H]2C(=O)N[C@@H](C)c2ccc(-c3scnc3C)cc2OC(C)(C)C)C(C)C)CC1. The molecular weight excluding hydrogens is 573 g/mol. The molecule has 1 aliphatic carbocycles. The van der Waals surface area contributed by atoms with Crippen LogP contribution in [0.3, 0.4) is 0 Å². The standard InChI is InChI=1S/C31H40FN5O5S/c1-16(2)24(36-29(41)31(33-8)11-12-31)28(40)37-14-21(38)23(32)25(37)27(39)35-17(3)20-10-9-19(26-18(4)34-15-43-26)13-22(20)42-30(5,6)7/h9-10,13,15-17,21,23-25,38H,11-12,14H2,1-7H3,(H,35,39)(H,36,41)/t17-,21-,23-,24-,25-/m0/s1. The predicted octanol–water partition coefficient (Wildman–Crippen LogP) is 3.98. The Labute approximate surface area is 255 Å². The molecule has 12 heteroatoms. The number of β-amino-alcohol motifs (C(OH)–C–C–N with tert-alkyl or cyclic N) is 1. The van der Waals surface area contributed by atoms with Gasteiger partial charge < -0.3 is 25.4 Å². The van der Waals surface area contributed by atoms with E-state index in [2.05, 4.69) is 20.5 Å². The number of carbonyl (C=O) groups is 3. The van der Waals surface area contributed by atoms with Crippen molar-refractivity contribution in [3.63, 3.8) is 0 Å². The fraction of sp³-hybridized carbons (Fsp3) is 0.581. The molecule has 4 rings (SSSR count). The number of aryl methyl sites for hydroxylation is 1. The Bertz CT molecular complexity index is 1430. The van der Waals surface area contributed by atoms with E-state index in [-0.39, 0.29) is 0 Å². The Kier molecular flexibility index (Phi) is 9.19. The molecule has 2 aliphatic rings. The molecule has 0 unspecified atom stereocenters. The summed E-state index contributed by atoms with van der Waals surface area (Å²) in [4.78, 5) is 49.8. The lowest BCUT2D eigenvalue weighted by atomic mass is 10.0. The second-order valence-corrected chi connectivity index (χ2v) is 13.6. The number of aromatic nitrogens is 1. The number of amides is 3. The maximum atomic E-state index is 15.4. The van der Waals surface area contributed by atoms with Crippen molar-refractivity contribution in [3.8, 4) is 16.2 Å². The number of rotatable bonds is 9. The summed E-state index contributed by atoms with van der Waals surface area (Å²) in [5.74, 6) is -1.88. The van der Waals surface area contributed by atoms with Gasteiger partial charge in [-0.25, -0.2) is 15.9 Å². The molecule has 43 heavy (non-hydrogen) atoms. The molecular formula is C31H40FN5O5S. The zero-order valence-corrected chi connectivity index (χ0v) is 26.4. The van der Waals surface area contributed by atoms with Crippen molar-refractivity contribution in [1.29, 1.82) is 0 Å². The Morgan fingerprint density at radius 1 is 1.23 bits per heavy atom. The van der Waals surface area contributed by atoms with Crippen LogP contribution in [0.15, 0.2) is 23.7 Å². The lowest BCUT2D eigenvalue weighted by Gasteiger charge is -2.31. The molecule has 5 atom stereocenters. The quantitative estimate of drug-likeness (QED) is 0.368. The number of aliphatic hydroxyl groups excluding tert-OH is 1. The van der Waals surface area contributed by atoms with Crippen molar-refractivity contribution in [3.05, 3.63) is 46.4 Å². The lowest BCUT2D eigenvalue weighted by Crippen LogP contribution is -2.57. The molecule has 1 saturated carbocycles. The summed E-state index contributed by atoms with van der Waals surface area (Å²) in [5.41, 5.74) is 2.50. The van der Waals surface area contributed by atoms with Crippen molar-refractivity contribution in [2.24, 2.45) is 5.92 Å². The van der Waals surface area contributed by atoms with E-state index in [1.807, 2.05) is 45.9 Å². The van der Waals surface area contributed by atoms with Gasteiger partial charge in [0, 0.05) is 18.4 Å². The highest BCUT2D eigenvalue weighted by atomic mass is 32.1. The summed E-state index contributed by atoms with van der Waals surface area (Å²) < 4.78 is 21.6. The highest BCUT2D eigenvalue weighted by Gasteiger charge is 2.59. The molecule has 2 aromatic rings. The molecule has 0 bridgehead atoms. The first-order valence-corrected chi connectivity index (χ1v) is 15.3. The minimum absolute atomic E-state index is 0.402. The van der Waals surface area contributed by atoms with Gasteiger partial charge in [0.1, 0.15) is 29.5 Å². The fourth-order valence-corrected chi connectivity index (χ4v) is 6.00. The van der Waals surface area contributed by atoms with Gasteiger partial charge in [-0.05, 0) is 52.2 Å². The highest BCUT2D eigenvalue weighted by Crippen LogP contribution is 2.40. The second-order valence-electron chi connectivity index (χ2n) is 12.7. The molecule has 1 saturated heterocycles. The normalized spacial score (nSPS) is 22.4. The van der Waals surface area contributed by atoms with Gasteiger partial charge in [-0.1, -0.05) is 26.0 Å². The lowest BCUT2D eigenvalue weighted by molar-refractivity contribution is -0.143. The molecule has 2 fully saturated rings. The summed E-state index contributed by atoms with van der Waals surface area (Å²) in [6.45, 7) is 19.8. The van der Waals surface area contributed by atoms with Crippen molar-refractivity contribution in [2.45, 2.75) is 103 Å². The summed E-state index contributed by atoms with van der Waals surface area (Å²) in [6.07, 6.45) is -2.78. The summed E-state index contributed by atoms with van der Waals surface area (Å²) in [6, 6.07) is 2.30. The van der Waals surface area contributed by atoms with Gasteiger partial charge in [-0.15, -0.1) is 11.3 Å². The monoisotopic (exact) mass is 613 g/mol. The Morgan fingerprint density at radius 2 is 1.91 bits per heavy atom. The fourth-order valence-electron chi connectivity index (χ4n) is 5.19. The van der Waals surface area contributed by atoms with Gasteiger partial charge in [-0.2, -0.15) is 0 Å². The molecule has 0 radical (unpaired) electrons. The highest BCUT2D eigenvalue weighted by molar-refractivity contribution is 7.13. The van der Waals surface area contributed by atoms with E-state index in [4.69, 9.17) is 11.3 Å². The van der Waals surface area contributed by atoms with Crippen LogP contribution in [0.2, 0.25) is 0 Å². The Balaban J connectivity index is 1.57. The van der Waals surface area contributed by atoms with Crippen molar-refractivity contribution >= 4 is 29.1 Å². The molecule has 0 spiro atoms. The number of benzene rings is 1. The van der Waals surface area contributed by atoms with Crippen LogP contribution in [-0.4, -0.2) is 74.8 Å². The number of alkyl halides is 1. The summed E-state index contributed by atoms with van der Waals surface area (Å²) in [5, 5.41) is 15.9. The van der Waals surface area contributed by atoms with Crippen LogP contribution >= 0.6 is 11.3 Å². The predicted molar refractivity (Wildman–Crippen MR) is 161 cm³/mol. The molecule has 3 amide bonds. The first-order valence-electron chi connectivity index (χ1n) is 14.4. The number of likely N-dealkylation sites (tertiary alicyclic amines) is 1.